The van der Waals surface area contributed by atoms with Gasteiger partial charge >= 0.3 is 0 Å². The van der Waals surface area contributed by atoms with Crippen molar-refractivity contribution in [3.8, 4) is 0 Å². The molecule has 1 atom stereocenters. The average molecular weight is 221 g/mol. The second-order valence-corrected chi connectivity index (χ2v) is 5.44. The van der Waals surface area contributed by atoms with Crippen molar-refractivity contribution in [2.45, 2.75) is 45.8 Å². The molecule has 0 radical (unpaired) electrons. The van der Waals surface area contributed by atoms with Crippen molar-refractivity contribution in [1.82, 2.24) is 0 Å². The van der Waals surface area contributed by atoms with Crippen LogP contribution in [-0.2, 0) is 16.8 Å². The molecule has 90 valence electrons. The zero-order chi connectivity index (χ0) is 12.2. The van der Waals surface area contributed by atoms with E-state index in [1.807, 2.05) is 6.92 Å². The number of hydrogen-bond donors (Lipinski definition) is 1. The fourth-order valence-electron chi connectivity index (χ4n) is 1.46. The van der Waals surface area contributed by atoms with Gasteiger partial charge in [0.25, 0.3) is 0 Å². The van der Waals surface area contributed by atoms with Gasteiger partial charge in [0.05, 0.1) is 13.2 Å². The molecule has 0 bridgehead atoms. The molecule has 1 aromatic carbocycles. The van der Waals surface area contributed by atoms with Crippen LogP contribution in [0.4, 0.5) is 0 Å². The topological polar surface area (TPSA) is 35.2 Å². The van der Waals surface area contributed by atoms with E-state index >= 15 is 0 Å². The molecular weight excluding hydrogens is 198 g/mol. The van der Waals surface area contributed by atoms with Gasteiger partial charge in [-0.25, -0.2) is 0 Å². The first-order valence-electron chi connectivity index (χ1n) is 5.82. The number of benzene rings is 1. The summed E-state index contributed by atoms with van der Waals surface area (Å²) in [6.45, 7) is 9.85. The van der Waals surface area contributed by atoms with Crippen LogP contribution in [0.2, 0.25) is 0 Å². The van der Waals surface area contributed by atoms with Crippen LogP contribution in [0.25, 0.3) is 0 Å². The molecule has 2 nitrogen and oxygen atoms in total. The van der Waals surface area contributed by atoms with Crippen molar-refractivity contribution in [3.05, 3.63) is 35.4 Å². The third kappa shape index (κ3) is 4.33. The Hall–Kier alpha value is -0.860. The Balaban J connectivity index is 2.52. The van der Waals surface area contributed by atoms with Gasteiger partial charge in [-0.1, -0.05) is 45.0 Å². The lowest BCUT2D eigenvalue weighted by Crippen LogP contribution is -2.21. The molecule has 0 aliphatic heterocycles. The van der Waals surface area contributed by atoms with Gasteiger partial charge in [-0.2, -0.15) is 0 Å². The number of hydrogen-bond acceptors (Lipinski definition) is 2. The molecule has 2 N–H and O–H groups in total. The van der Waals surface area contributed by atoms with Gasteiger partial charge in [-0.05, 0) is 23.5 Å². The zero-order valence-electron chi connectivity index (χ0n) is 10.8. The van der Waals surface area contributed by atoms with Gasteiger partial charge in [0.2, 0.25) is 0 Å². The van der Waals surface area contributed by atoms with Gasteiger partial charge < -0.3 is 10.5 Å². The fourth-order valence-corrected chi connectivity index (χ4v) is 1.46. The minimum absolute atomic E-state index is 0.105. The van der Waals surface area contributed by atoms with Gasteiger partial charge in [0, 0.05) is 6.04 Å². The lowest BCUT2D eigenvalue weighted by Gasteiger charge is -2.19. The zero-order valence-corrected chi connectivity index (χ0v) is 10.8. The lowest BCUT2D eigenvalue weighted by atomic mass is 9.87. The van der Waals surface area contributed by atoms with Crippen LogP contribution in [0, 0.1) is 0 Å². The van der Waals surface area contributed by atoms with Crippen LogP contribution in [0.1, 0.15) is 38.8 Å². The lowest BCUT2D eigenvalue weighted by molar-refractivity contribution is 0.111. The van der Waals surface area contributed by atoms with E-state index in [4.69, 9.17) is 10.5 Å². The van der Waals surface area contributed by atoms with Crippen molar-refractivity contribution in [3.63, 3.8) is 0 Å². The van der Waals surface area contributed by atoms with Crippen molar-refractivity contribution >= 4 is 0 Å². The summed E-state index contributed by atoms with van der Waals surface area (Å²) >= 11 is 0. The molecule has 1 rings (SSSR count). The standard InChI is InChI=1S/C14H23NO/c1-11(15)9-16-10-12-5-7-13(8-6-12)14(2,3)4/h5-8,11H,9-10,15H2,1-4H3/t11-/m1/s1. The molecule has 0 aromatic heterocycles. The Labute approximate surface area is 98.8 Å². The molecule has 0 spiro atoms. The predicted molar refractivity (Wildman–Crippen MR) is 68.4 cm³/mol. The number of ether oxygens (including phenoxy) is 1. The van der Waals surface area contributed by atoms with Gasteiger partial charge in [-0.3, -0.25) is 0 Å². The second kappa shape index (κ2) is 5.46. The van der Waals surface area contributed by atoms with Crippen molar-refractivity contribution in [2.24, 2.45) is 5.73 Å². The summed E-state index contributed by atoms with van der Waals surface area (Å²) in [4.78, 5) is 0. The number of nitrogens with two attached hydrogens (primary N) is 1. The van der Waals surface area contributed by atoms with Gasteiger partial charge in [0.1, 0.15) is 0 Å². The first-order valence-corrected chi connectivity index (χ1v) is 5.82. The highest BCUT2D eigenvalue weighted by atomic mass is 16.5. The molecule has 16 heavy (non-hydrogen) atoms. The summed E-state index contributed by atoms with van der Waals surface area (Å²) in [5.74, 6) is 0. The second-order valence-electron chi connectivity index (χ2n) is 5.44. The van der Waals surface area contributed by atoms with Crippen LogP contribution in [0.5, 0.6) is 0 Å². The van der Waals surface area contributed by atoms with Crippen LogP contribution in [-0.4, -0.2) is 12.6 Å². The Bertz CT molecular complexity index is 309. The predicted octanol–water partition coefficient (Wildman–Crippen LogP) is 2.85. The molecule has 0 amide bonds. The van der Waals surface area contributed by atoms with E-state index in [-0.39, 0.29) is 11.5 Å². The Morgan fingerprint density at radius 3 is 2.19 bits per heavy atom. The van der Waals surface area contributed by atoms with E-state index in [0.717, 1.165) is 0 Å². The van der Waals surface area contributed by atoms with E-state index in [1.165, 1.54) is 11.1 Å². The average Bonchev–Trinajstić information content (AvgIpc) is 2.16. The first-order chi connectivity index (χ1) is 7.39. The minimum Gasteiger partial charge on any atom is -0.375 e. The summed E-state index contributed by atoms with van der Waals surface area (Å²) in [6, 6.07) is 8.70. The molecular formula is C14H23NO. The highest BCUT2D eigenvalue weighted by molar-refractivity contribution is 5.27. The monoisotopic (exact) mass is 221 g/mol. The Morgan fingerprint density at radius 1 is 1.19 bits per heavy atom. The summed E-state index contributed by atoms with van der Waals surface area (Å²) in [5, 5.41) is 0. The maximum absolute atomic E-state index is 5.61. The molecule has 0 unspecified atom stereocenters. The van der Waals surface area contributed by atoms with E-state index in [1.54, 1.807) is 0 Å². The van der Waals surface area contributed by atoms with Crippen LogP contribution in [0.3, 0.4) is 0 Å². The minimum atomic E-state index is 0.105. The quantitative estimate of drug-likeness (QED) is 0.848. The smallest absolute Gasteiger partial charge is 0.0717 e. The summed E-state index contributed by atoms with van der Waals surface area (Å²) in [5.41, 5.74) is 8.38. The van der Waals surface area contributed by atoms with Crippen LogP contribution >= 0.6 is 0 Å². The molecule has 2 heteroatoms. The van der Waals surface area contributed by atoms with Gasteiger partial charge in [0.15, 0.2) is 0 Å². The third-order valence-corrected chi connectivity index (χ3v) is 2.47. The molecule has 1 aromatic rings. The maximum atomic E-state index is 5.61. The van der Waals surface area contributed by atoms with E-state index in [2.05, 4.69) is 45.0 Å². The van der Waals surface area contributed by atoms with Crippen LogP contribution < -0.4 is 5.73 Å². The van der Waals surface area contributed by atoms with Crippen LogP contribution in [0.15, 0.2) is 24.3 Å². The largest absolute Gasteiger partial charge is 0.375 e. The van der Waals surface area contributed by atoms with Crippen molar-refractivity contribution < 1.29 is 4.74 Å². The van der Waals surface area contributed by atoms with E-state index in [0.29, 0.717) is 13.2 Å². The highest BCUT2D eigenvalue weighted by Crippen LogP contribution is 2.22. The fraction of sp³-hybridized carbons (Fsp3) is 0.571. The van der Waals surface area contributed by atoms with Crippen molar-refractivity contribution in [1.29, 1.82) is 0 Å². The molecule has 0 aliphatic carbocycles. The summed E-state index contributed by atoms with van der Waals surface area (Å²) in [7, 11) is 0. The Kier molecular flexibility index (Phi) is 4.51. The normalized spacial score (nSPS) is 13.8. The van der Waals surface area contributed by atoms with Gasteiger partial charge in [-0.15, -0.1) is 0 Å². The molecule has 0 heterocycles. The number of rotatable bonds is 4. The molecule has 0 fully saturated rings. The maximum Gasteiger partial charge on any atom is 0.0717 e. The van der Waals surface area contributed by atoms with E-state index in [9.17, 15) is 0 Å². The molecule has 0 saturated heterocycles. The van der Waals surface area contributed by atoms with Crippen molar-refractivity contribution in [2.75, 3.05) is 6.61 Å². The summed E-state index contributed by atoms with van der Waals surface area (Å²) < 4.78 is 5.48. The van der Waals surface area contributed by atoms with E-state index < -0.39 is 0 Å². The highest BCUT2D eigenvalue weighted by Gasteiger charge is 2.12. The third-order valence-electron chi connectivity index (χ3n) is 2.47. The molecule has 0 saturated carbocycles. The molecule has 0 aliphatic rings. The SMILES string of the molecule is C[C@@H](N)COCc1ccc(C(C)(C)C)cc1. The first kappa shape index (κ1) is 13.2. The Morgan fingerprint density at radius 2 is 1.75 bits per heavy atom. The summed E-state index contributed by atoms with van der Waals surface area (Å²) in [6.07, 6.45) is 0.